The Kier molecular flexibility index (Phi) is 7.44. The van der Waals surface area contributed by atoms with Crippen molar-refractivity contribution in [1.82, 2.24) is 0 Å². The summed E-state index contributed by atoms with van der Waals surface area (Å²) < 4.78 is 15.3. The molecule has 0 spiro atoms. The van der Waals surface area contributed by atoms with Gasteiger partial charge >= 0.3 is 5.97 Å². The second-order valence-corrected chi connectivity index (χ2v) is 5.79. The van der Waals surface area contributed by atoms with Crippen LogP contribution in [0.2, 0.25) is 5.02 Å². The molecule has 0 aliphatic carbocycles. The average Bonchev–Trinajstić information content (AvgIpc) is 2.64. The molecule has 26 heavy (non-hydrogen) atoms. The van der Waals surface area contributed by atoms with Crippen molar-refractivity contribution in [1.29, 1.82) is 0 Å². The second kappa shape index (κ2) is 9.79. The number of amides is 1. The number of hydrogen-bond acceptors (Lipinski definition) is 5. The standard InChI is InChI=1S/C19H20ClNO5/c1-13(19(23)25-12-11-24-2)26-15-9-7-14(8-10-15)18(22)21-17-6-4-3-5-16(17)20/h3-10,13H,11-12H2,1-2H3,(H,21,22). The van der Waals surface area contributed by atoms with Crippen LogP contribution in [0.1, 0.15) is 17.3 Å². The Bertz CT molecular complexity index is 748. The number of esters is 1. The number of halogens is 1. The molecule has 1 atom stereocenters. The van der Waals surface area contributed by atoms with Crippen molar-refractivity contribution >= 4 is 29.2 Å². The lowest BCUT2D eigenvalue weighted by Crippen LogP contribution is -2.27. The lowest BCUT2D eigenvalue weighted by Gasteiger charge is -2.14. The minimum Gasteiger partial charge on any atom is -0.479 e. The van der Waals surface area contributed by atoms with E-state index in [4.69, 9.17) is 25.8 Å². The fourth-order valence-electron chi connectivity index (χ4n) is 2.04. The highest BCUT2D eigenvalue weighted by Crippen LogP contribution is 2.22. The molecule has 0 saturated carbocycles. The summed E-state index contributed by atoms with van der Waals surface area (Å²) >= 11 is 6.03. The zero-order chi connectivity index (χ0) is 18.9. The number of anilines is 1. The fourth-order valence-corrected chi connectivity index (χ4v) is 2.22. The average molecular weight is 378 g/mol. The van der Waals surface area contributed by atoms with Crippen LogP contribution in [0.15, 0.2) is 48.5 Å². The number of benzene rings is 2. The minimum atomic E-state index is -0.769. The van der Waals surface area contributed by atoms with Crippen LogP contribution in [0, 0.1) is 0 Å². The van der Waals surface area contributed by atoms with Crippen molar-refractivity contribution in [3.05, 3.63) is 59.1 Å². The molecule has 0 aromatic heterocycles. The van der Waals surface area contributed by atoms with E-state index in [0.29, 0.717) is 28.6 Å². The van der Waals surface area contributed by atoms with Crippen LogP contribution in [0.25, 0.3) is 0 Å². The highest BCUT2D eigenvalue weighted by atomic mass is 35.5. The Hall–Kier alpha value is -2.57. The van der Waals surface area contributed by atoms with Gasteiger partial charge in [0.25, 0.3) is 5.91 Å². The number of carbonyl (C=O) groups is 2. The Morgan fingerprint density at radius 3 is 2.42 bits per heavy atom. The summed E-state index contributed by atoms with van der Waals surface area (Å²) in [5, 5.41) is 3.20. The van der Waals surface area contributed by atoms with Gasteiger partial charge in [0, 0.05) is 12.7 Å². The topological polar surface area (TPSA) is 73.9 Å². The first kappa shape index (κ1) is 19.8. The predicted octanol–water partition coefficient (Wildman–Crippen LogP) is 3.55. The normalized spacial score (nSPS) is 11.5. The lowest BCUT2D eigenvalue weighted by atomic mass is 10.2. The zero-order valence-corrected chi connectivity index (χ0v) is 15.3. The highest BCUT2D eigenvalue weighted by molar-refractivity contribution is 6.33. The number of hydrogen-bond donors (Lipinski definition) is 1. The van der Waals surface area contributed by atoms with Crippen molar-refractivity contribution in [2.45, 2.75) is 13.0 Å². The van der Waals surface area contributed by atoms with Gasteiger partial charge in [0.15, 0.2) is 6.10 Å². The summed E-state index contributed by atoms with van der Waals surface area (Å²) in [6.45, 7) is 2.09. The van der Waals surface area contributed by atoms with Crippen LogP contribution < -0.4 is 10.1 Å². The molecule has 0 heterocycles. The third kappa shape index (κ3) is 5.75. The molecule has 1 amide bonds. The van der Waals surface area contributed by atoms with Crippen LogP contribution in [-0.4, -0.2) is 38.3 Å². The molecular weight excluding hydrogens is 358 g/mol. The molecule has 0 radical (unpaired) electrons. The molecule has 1 N–H and O–H groups in total. The summed E-state index contributed by atoms with van der Waals surface area (Å²) in [6, 6.07) is 13.4. The van der Waals surface area contributed by atoms with E-state index >= 15 is 0 Å². The van der Waals surface area contributed by atoms with E-state index in [2.05, 4.69) is 5.32 Å². The first-order chi connectivity index (χ1) is 12.5. The van der Waals surface area contributed by atoms with Crippen molar-refractivity contribution in [3.63, 3.8) is 0 Å². The maximum atomic E-state index is 12.3. The molecule has 0 bridgehead atoms. The number of para-hydroxylation sites is 1. The van der Waals surface area contributed by atoms with Crippen LogP contribution in [0.5, 0.6) is 5.75 Å². The maximum Gasteiger partial charge on any atom is 0.347 e. The van der Waals surface area contributed by atoms with Gasteiger partial charge in [-0.25, -0.2) is 4.79 Å². The van der Waals surface area contributed by atoms with Crippen molar-refractivity contribution in [2.24, 2.45) is 0 Å². The van der Waals surface area contributed by atoms with Gasteiger partial charge in [-0.05, 0) is 43.3 Å². The number of ether oxygens (including phenoxy) is 3. The van der Waals surface area contributed by atoms with Gasteiger partial charge in [-0.1, -0.05) is 23.7 Å². The van der Waals surface area contributed by atoms with Crippen LogP contribution >= 0.6 is 11.6 Å². The number of nitrogens with one attached hydrogen (secondary N) is 1. The SMILES string of the molecule is COCCOC(=O)C(C)Oc1ccc(C(=O)Nc2ccccc2Cl)cc1. The van der Waals surface area contributed by atoms with E-state index in [-0.39, 0.29) is 12.5 Å². The maximum absolute atomic E-state index is 12.3. The van der Waals surface area contributed by atoms with E-state index in [0.717, 1.165) is 0 Å². The molecule has 0 aliphatic rings. The molecule has 6 nitrogen and oxygen atoms in total. The fraction of sp³-hybridized carbons (Fsp3) is 0.263. The van der Waals surface area contributed by atoms with E-state index in [1.165, 1.54) is 7.11 Å². The molecular formula is C19H20ClNO5. The van der Waals surface area contributed by atoms with Gasteiger partial charge in [-0.3, -0.25) is 4.79 Å². The third-order valence-corrected chi connectivity index (χ3v) is 3.74. The Morgan fingerprint density at radius 2 is 1.77 bits per heavy atom. The van der Waals surface area contributed by atoms with Gasteiger partial charge < -0.3 is 19.5 Å². The molecule has 7 heteroatoms. The van der Waals surface area contributed by atoms with Crippen LogP contribution in [-0.2, 0) is 14.3 Å². The molecule has 1 unspecified atom stereocenters. The van der Waals surface area contributed by atoms with Crippen LogP contribution in [0.4, 0.5) is 5.69 Å². The monoisotopic (exact) mass is 377 g/mol. The summed E-state index contributed by atoms with van der Waals surface area (Å²) in [5.74, 6) is -0.324. The molecule has 2 aromatic rings. The lowest BCUT2D eigenvalue weighted by molar-refractivity contribution is -0.152. The molecule has 2 aromatic carbocycles. The van der Waals surface area contributed by atoms with E-state index < -0.39 is 12.1 Å². The smallest absolute Gasteiger partial charge is 0.347 e. The molecule has 0 fully saturated rings. The second-order valence-electron chi connectivity index (χ2n) is 5.38. The summed E-state index contributed by atoms with van der Waals surface area (Å²) in [4.78, 5) is 24.0. The molecule has 138 valence electrons. The predicted molar refractivity (Wildman–Crippen MR) is 98.8 cm³/mol. The Balaban J connectivity index is 1.92. The van der Waals surface area contributed by atoms with Crippen molar-refractivity contribution in [2.75, 3.05) is 25.6 Å². The van der Waals surface area contributed by atoms with Gasteiger partial charge in [0.2, 0.25) is 0 Å². The quantitative estimate of drug-likeness (QED) is 0.562. The third-order valence-electron chi connectivity index (χ3n) is 3.42. The summed E-state index contributed by atoms with van der Waals surface area (Å²) in [7, 11) is 1.53. The number of rotatable bonds is 8. The van der Waals surface area contributed by atoms with Crippen LogP contribution in [0.3, 0.4) is 0 Å². The Morgan fingerprint density at radius 1 is 1.08 bits per heavy atom. The summed E-state index contributed by atoms with van der Waals surface area (Å²) in [5.41, 5.74) is 0.972. The van der Waals surface area contributed by atoms with Crippen molar-refractivity contribution < 1.29 is 23.8 Å². The molecule has 0 aliphatic heterocycles. The zero-order valence-electron chi connectivity index (χ0n) is 14.5. The van der Waals surface area contributed by atoms with Crippen molar-refractivity contribution in [3.8, 4) is 5.75 Å². The first-order valence-electron chi connectivity index (χ1n) is 7.99. The highest BCUT2D eigenvalue weighted by Gasteiger charge is 2.16. The minimum absolute atomic E-state index is 0.171. The van der Waals surface area contributed by atoms with E-state index in [9.17, 15) is 9.59 Å². The number of carbonyl (C=O) groups excluding carboxylic acids is 2. The molecule has 2 rings (SSSR count). The Labute approximate surface area is 157 Å². The first-order valence-corrected chi connectivity index (χ1v) is 8.37. The van der Waals surface area contributed by atoms with Gasteiger partial charge in [-0.15, -0.1) is 0 Å². The van der Waals surface area contributed by atoms with Gasteiger partial charge in [-0.2, -0.15) is 0 Å². The van der Waals surface area contributed by atoms with Gasteiger partial charge in [0.05, 0.1) is 17.3 Å². The summed E-state index contributed by atoms with van der Waals surface area (Å²) in [6.07, 6.45) is -0.769. The van der Waals surface area contributed by atoms with Gasteiger partial charge in [0.1, 0.15) is 12.4 Å². The van der Waals surface area contributed by atoms with E-state index in [1.54, 1.807) is 55.5 Å². The van der Waals surface area contributed by atoms with E-state index in [1.807, 2.05) is 0 Å². The number of methoxy groups -OCH3 is 1. The molecule has 0 saturated heterocycles. The largest absolute Gasteiger partial charge is 0.479 e.